The Morgan fingerprint density at radius 1 is 1.24 bits per heavy atom. The van der Waals surface area contributed by atoms with Gasteiger partial charge < -0.3 is 19.7 Å². The quantitative estimate of drug-likeness (QED) is 0.471. The number of hydrogen-bond acceptors (Lipinski definition) is 9. The molecule has 11 nitrogen and oxygen atoms in total. The fraction of sp³-hybridized carbons (Fsp3) is 0.435. The third kappa shape index (κ3) is 4.38. The molecule has 37 heavy (non-hydrogen) atoms. The second kappa shape index (κ2) is 8.89. The van der Waals surface area contributed by atoms with Gasteiger partial charge in [-0.2, -0.15) is 18.1 Å². The first-order valence-electron chi connectivity index (χ1n) is 11.8. The van der Waals surface area contributed by atoms with E-state index in [0.717, 1.165) is 25.1 Å². The Morgan fingerprint density at radius 3 is 2.84 bits per heavy atom. The number of pyridine rings is 1. The zero-order valence-corrected chi connectivity index (χ0v) is 20.8. The lowest BCUT2D eigenvalue weighted by atomic mass is 9.81. The lowest BCUT2D eigenvalue weighted by Crippen LogP contribution is -2.59. The van der Waals surface area contributed by atoms with Gasteiger partial charge in [0.25, 0.3) is 15.2 Å². The van der Waals surface area contributed by atoms with Gasteiger partial charge in [0, 0.05) is 54.9 Å². The van der Waals surface area contributed by atoms with Crippen molar-refractivity contribution < 1.29 is 26.7 Å². The predicted molar refractivity (Wildman–Crippen MR) is 128 cm³/mol. The van der Waals surface area contributed by atoms with E-state index < -0.39 is 16.6 Å². The van der Waals surface area contributed by atoms with Gasteiger partial charge in [-0.15, -0.1) is 5.10 Å². The summed E-state index contributed by atoms with van der Waals surface area (Å²) >= 11 is 0. The molecule has 3 aliphatic rings. The summed E-state index contributed by atoms with van der Waals surface area (Å²) in [7, 11) is -1.78. The normalized spacial score (nSPS) is 19.1. The van der Waals surface area contributed by atoms with Crippen LogP contribution in [0.25, 0.3) is 11.1 Å². The molecule has 0 bridgehead atoms. The van der Waals surface area contributed by atoms with Crippen LogP contribution in [-0.4, -0.2) is 84.2 Å². The molecule has 0 saturated carbocycles. The number of anilines is 2. The zero-order chi connectivity index (χ0) is 25.8. The van der Waals surface area contributed by atoms with Gasteiger partial charge in [0.1, 0.15) is 5.75 Å². The number of ether oxygens (including phenoxy) is 2. The molecule has 3 aliphatic heterocycles. The third-order valence-corrected chi connectivity index (χ3v) is 8.68. The average Bonchev–Trinajstić information content (AvgIpc) is 3.58. The minimum absolute atomic E-state index is 0.0137. The maximum absolute atomic E-state index is 13.2. The maximum atomic E-state index is 13.2. The molecule has 196 valence electrons. The van der Waals surface area contributed by atoms with E-state index in [9.17, 15) is 17.2 Å². The smallest absolute Gasteiger partial charge is 0.388 e. The summed E-state index contributed by atoms with van der Waals surface area (Å²) in [5.41, 5.74) is 2.66. The molecule has 0 aliphatic carbocycles. The Labute approximate surface area is 211 Å². The van der Waals surface area contributed by atoms with Crippen molar-refractivity contribution in [3.63, 3.8) is 0 Å². The summed E-state index contributed by atoms with van der Waals surface area (Å²) in [6, 6.07) is 6.64. The van der Waals surface area contributed by atoms with Crippen molar-refractivity contribution in [3.05, 3.63) is 36.0 Å². The molecule has 14 heteroatoms. The fourth-order valence-corrected chi connectivity index (χ4v) is 6.83. The molecule has 6 rings (SSSR count). The molecule has 0 unspecified atom stereocenters. The summed E-state index contributed by atoms with van der Waals surface area (Å²) in [5, 5.41) is 9.53. The molecule has 2 saturated heterocycles. The van der Waals surface area contributed by atoms with E-state index in [1.807, 2.05) is 7.05 Å². The van der Waals surface area contributed by atoms with Crippen LogP contribution < -0.4 is 14.8 Å². The summed E-state index contributed by atoms with van der Waals surface area (Å²) in [4.78, 5) is 10.3. The monoisotopic (exact) mass is 533 g/mol. The van der Waals surface area contributed by atoms with E-state index in [1.54, 1.807) is 18.2 Å². The van der Waals surface area contributed by atoms with Crippen LogP contribution in [0.1, 0.15) is 12.0 Å². The van der Waals surface area contributed by atoms with Gasteiger partial charge in [0.2, 0.25) is 11.8 Å². The number of nitrogens with zero attached hydrogens (tertiary/aromatic N) is 5. The molecular formula is C23H25F2N7O4S. The number of alkyl halides is 2. The Balaban J connectivity index is 1.27. The van der Waals surface area contributed by atoms with Crippen LogP contribution in [0.5, 0.6) is 11.6 Å². The van der Waals surface area contributed by atoms with Crippen molar-refractivity contribution in [2.24, 2.45) is 5.41 Å². The van der Waals surface area contributed by atoms with Gasteiger partial charge in [-0.25, -0.2) is 18.5 Å². The van der Waals surface area contributed by atoms with Crippen LogP contribution in [0, 0.1) is 5.41 Å². The molecule has 1 spiro atoms. The molecule has 5 heterocycles. The number of halogens is 2. The van der Waals surface area contributed by atoms with Crippen LogP contribution in [-0.2, 0) is 16.4 Å². The second-order valence-corrected chi connectivity index (χ2v) is 11.5. The number of likely N-dealkylation sites (tertiary alicyclic amines) is 1. The third-order valence-electron chi connectivity index (χ3n) is 7.07. The highest BCUT2D eigenvalue weighted by molar-refractivity contribution is 7.89. The van der Waals surface area contributed by atoms with E-state index in [1.165, 1.54) is 16.6 Å². The van der Waals surface area contributed by atoms with Crippen LogP contribution in [0.15, 0.2) is 35.6 Å². The molecular weight excluding hydrogens is 508 g/mol. The first kappa shape index (κ1) is 24.0. The standard InChI is InChI=1S/C23H25F2N7O4S/c1-31-8-6-23(11-31)12-32(13-23)37(33,34)22-28-21(29-30-22)27-19-15(2-3-17-16(19)5-9-35-17)14-4-7-26-18(10-14)36-20(24)25/h2-4,7,10,20H,5-6,8-9,11-13H2,1H3,(H2,27,28,29,30). The average molecular weight is 534 g/mol. The van der Waals surface area contributed by atoms with E-state index in [-0.39, 0.29) is 22.4 Å². The van der Waals surface area contributed by atoms with Gasteiger partial charge in [-0.3, -0.25) is 0 Å². The minimum Gasteiger partial charge on any atom is -0.493 e. The first-order chi connectivity index (χ1) is 17.7. The summed E-state index contributed by atoms with van der Waals surface area (Å²) in [6.07, 6.45) is 2.94. The molecule has 2 aromatic heterocycles. The number of benzene rings is 1. The van der Waals surface area contributed by atoms with Crippen LogP contribution in [0.4, 0.5) is 20.4 Å². The molecule has 2 fully saturated rings. The number of aromatic amines is 1. The van der Waals surface area contributed by atoms with Crippen molar-refractivity contribution in [2.45, 2.75) is 24.6 Å². The highest BCUT2D eigenvalue weighted by atomic mass is 32.2. The lowest BCUT2D eigenvalue weighted by molar-refractivity contribution is -0.0528. The Hall–Kier alpha value is -3.36. The first-order valence-corrected chi connectivity index (χ1v) is 13.2. The second-order valence-electron chi connectivity index (χ2n) is 9.67. The van der Waals surface area contributed by atoms with Crippen LogP contribution in [0.2, 0.25) is 0 Å². The molecule has 1 aromatic carbocycles. The van der Waals surface area contributed by atoms with Gasteiger partial charge in [-0.05, 0) is 43.8 Å². The lowest BCUT2D eigenvalue weighted by Gasteiger charge is -2.46. The van der Waals surface area contributed by atoms with Gasteiger partial charge in [0.05, 0.1) is 12.3 Å². The minimum atomic E-state index is -3.82. The summed E-state index contributed by atoms with van der Waals surface area (Å²) < 4.78 is 63.3. The number of aromatic nitrogens is 4. The fourth-order valence-electron chi connectivity index (χ4n) is 5.33. The molecule has 0 radical (unpaired) electrons. The van der Waals surface area contributed by atoms with Crippen molar-refractivity contribution in [2.75, 3.05) is 45.2 Å². The van der Waals surface area contributed by atoms with Crippen molar-refractivity contribution in [3.8, 4) is 22.8 Å². The molecule has 0 amide bonds. The topological polar surface area (TPSA) is 126 Å². The number of H-pyrrole nitrogens is 1. The number of nitrogens with one attached hydrogen (secondary N) is 2. The number of rotatable bonds is 7. The van der Waals surface area contributed by atoms with E-state index in [4.69, 9.17) is 4.74 Å². The Morgan fingerprint density at radius 2 is 2.08 bits per heavy atom. The number of sulfonamides is 1. The Kier molecular flexibility index (Phi) is 5.76. The highest BCUT2D eigenvalue weighted by Gasteiger charge is 2.51. The maximum Gasteiger partial charge on any atom is 0.388 e. The van der Waals surface area contributed by atoms with Crippen LogP contribution >= 0.6 is 0 Å². The van der Waals surface area contributed by atoms with E-state index >= 15 is 0 Å². The Bertz CT molecular complexity index is 1440. The van der Waals surface area contributed by atoms with Gasteiger partial charge in [-0.1, -0.05) is 0 Å². The highest BCUT2D eigenvalue weighted by Crippen LogP contribution is 2.43. The number of fused-ring (bicyclic) bond motifs is 1. The summed E-state index contributed by atoms with van der Waals surface area (Å²) in [5.74, 6) is 0.511. The SMILES string of the molecule is CN1CCC2(C1)CN(S(=O)(=O)c1nc(Nc3c(-c4ccnc(OC(F)F)c4)ccc4c3CCO4)n[nH]1)C2. The predicted octanol–water partition coefficient (Wildman–Crippen LogP) is 2.47. The van der Waals surface area contributed by atoms with Crippen molar-refractivity contribution in [1.82, 2.24) is 29.4 Å². The van der Waals surface area contributed by atoms with Gasteiger partial charge >= 0.3 is 6.61 Å². The zero-order valence-electron chi connectivity index (χ0n) is 19.9. The number of hydrogen-bond donors (Lipinski definition) is 2. The van der Waals surface area contributed by atoms with Crippen LogP contribution in [0.3, 0.4) is 0 Å². The van der Waals surface area contributed by atoms with E-state index in [2.05, 4.69) is 35.1 Å². The van der Waals surface area contributed by atoms with Crippen molar-refractivity contribution in [1.29, 1.82) is 0 Å². The van der Waals surface area contributed by atoms with Gasteiger partial charge in [0.15, 0.2) is 0 Å². The largest absolute Gasteiger partial charge is 0.493 e. The molecule has 2 N–H and O–H groups in total. The molecule has 3 aromatic rings. The summed E-state index contributed by atoms with van der Waals surface area (Å²) in [6.45, 7) is 0.238. The molecule has 0 atom stereocenters. The van der Waals surface area contributed by atoms with E-state index in [0.29, 0.717) is 48.7 Å². The van der Waals surface area contributed by atoms with Crippen molar-refractivity contribution >= 4 is 21.7 Å².